The number of nitrogens with one attached hydrogen (secondary N) is 3. The van der Waals surface area contributed by atoms with E-state index in [1.807, 2.05) is 12.1 Å². The molecule has 37 heavy (non-hydrogen) atoms. The van der Waals surface area contributed by atoms with Crippen molar-refractivity contribution in [2.75, 3.05) is 11.9 Å². The van der Waals surface area contributed by atoms with E-state index in [4.69, 9.17) is 5.26 Å². The van der Waals surface area contributed by atoms with Crippen molar-refractivity contribution in [2.45, 2.75) is 63.0 Å². The average Bonchev–Trinajstić information content (AvgIpc) is 3.22. The summed E-state index contributed by atoms with van der Waals surface area (Å²) in [6.07, 6.45) is 3.14. The minimum absolute atomic E-state index is 0.0803. The van der Waals surface area contributed by atoms with E-state index >= 15 is 0 Å². The first-order valence-electron chi connectivity index (χ1n) is 12.0. The molecule has 3 N–H and O–H groups in total. The quantitative estimate of drug-likeness (QED) is 0.430. The highest BCUT2D eigenvalue weighted by Gasteiger charge is 2.68. The van der Waals surface area contributed by atoms with E-state index in [1.54, 1.807) is 16.6 Å². The number of halogens is 2. The van der Waals surface area contributed by atoms with Crippen LogP contribution in [0.2, 0.25) is 0 Å². The zero-order valence-corrected chi connectivity index (χ0v) is 20.7. The lowest BCUT2D eigenvalue weighted by Crippen LogP contribution is -2.81. The summed E-state index contributed by atoms with van der Waals surface area (Å²) in [6.45, 7) is 3.26. The van der Waals surface area contributed by atoms with Crippen LogP contribution in [0.15, 0.2) is 36.7 Å². The molecule has 0 saturated heterocycles. The van der Waals surface area contributed by atoms with Gasteiger partial charge >= 0.3 is 0 Å². The first-order chi connectivity index (χ1) is 17.4. The Morgan fingerprint density at radius 1 is 1.22 bits per heavy atom. The van der Waals surface area contributed by atoms with Crippen LogP contribution in [-0.4, -0.2) is 55.9 Å². The smallest absolute Gasteiger partial charge is 0.255 e. The molecule has 3 heterocycles. The van der Waals surface area contributed by atoms with Gasteiger partial charge < -0.3 is 16.0 Å². The van der Waals surface area contributed by atoms with Crippen LogP contribution in [0, 0.1) is 11.3 Å². The van der Waals surface area contributed by atoms with Gasteiger partial charge in [0.1, 0.15) is 11.7 Å². The summed E-state index contributed by atoms with van der Waals surface area (Å²) >= 11 is 0. The van der Waals surface area contributed by atoms with Gasteiger partial charge in [-0.05, 0) is 57.4 Å². The molecule has 0 spiro atoms. The molecule has 192 valence electrons. The number of hydrogen-bond donors (Lipinski definition) is 3. The lowest BCUT2D eigenvalue weighted by molar-refractivity contribution is -0.131. The molecule has 3 aromatic heterocycles. The molecule has 1 unspecified atom stereocenters. The highest BCUT2D eigenvalue weighted by molar-refractivity contribution is 6.00. The summed E-state index contributed by atoms with van der Waals surface area (Å²) in [5.74, 6) is -0.656. The van der Waals surface area contributed by atoms with Gasteiger partial charge in [0.15, 0.2) is 6.17 Å². The molecule has 2 bridgehead atoms. The highest BCUT2D eigenvalue weighted by Crippen LogP contribution is 2.62. The molecule has 6 rings (SSSR count). The average molecular weight is 508 g/mol. The van der Waals surface area contributed by atoms with Crippen molar-refractivity contribution in [3.63, 3.8) is 0 Å². The molecule has 3 saturated carbocycles. The third-order valence-corrected chi connectivity index (χ3v) is 7.10. The van der Waals surface area contributed by atoms with Crippen LogP contribution in [-0.2, 0) is 4.79 Å². The second-order valence-electron chi connectivity index (χ2n) is 10.7. The maximum absolute atomic E-state index is 14.1. The molecule has 0 aliphatic heterocycles. The zero-order valence-electron chi connectivity index (χ0n) is 20.7. The van der Waals surface area contributed by atoms with Crippen molar-refractivity contribution in [1.29, 1.82) is 5.26 Å². The minimum atomic E-state index is -2.09. The molecule has 0 aromatic carbocycles. The standard InChI is InChI=1S/C26H27F2N7O2/c1-15(36)33-25-12-26(13-25,14-25)34-19-7-20(21-5-4-17-6-16(8-29)9-32-35(17)21)30-10-18(19)23(37)31-11-22(27)24(2,3)28/h4-7,9-10,22H,11-14H2,1-3H3,(H,30,34)(H,31,37)(H,33,36). The van der Waals surface area contributed by atoms with E-state index in [-0.39, 0.29) is 22.5 Å². The van der Waals surface area contributed by atoms with Gasteiger partial charge in [0, 0.05) is 24.2 Å². The summed E-state index contributed by atoms with van der Waals surface area (Å²) in [4.78, 5) is 29.0. The third-order valence-electron chi connectivity index (χ3n) is 7.10. The predicted octanol–water partition coefficient (Wildman–Crippen LogP) is 3.31. The monoisotopic (exact) mass is 507 g/mol. The molecule has 3 aliphatic carbocycles. The number of amides is 2. The zero-order chi connectivity index (χ0) is 26.6. The minimum Gasteiger partial charge on any atom is -0.379 e. The molecule has 0 radical (unpaired) electrons. The number of fused-ring (bicyclic) bond motifs is 1. The van der Waals surface area contributed by atoms with Crippen molar-refractivity contribution in [2.24, 2.45) is 0 Å². The molecule has 2 amide bonds. The maximum atomic E-state index is 14.1. The summed E-state index contributed by atoms with van der Waals surface area (Å²) in [6, 6.07) is 9.14. The van der Waals surface area contributed by atoms with Gasteiger partial charge in [-0.1, -0.05) is 0 Å². The van der Waals surface area contributed by atoms with E-state index in [1.165, 1.54) is 19.3 Å². The van der Waals surface area contributed by atoms with Crippen molar-refractivity contribution in [1.82, 2.24) is 25.2 Å². The van der Waals surface area contributed by atoms with Gasteiger partial charge in [-0.3, -0.25) is 14.6 Å². The Bertz CT molecular complexity index is 1430. The molecule has 3 aromatic rings. The SMILES string of the molecule is CC(=O)NC12CC(Nc3cc(-c4ccc5cc(C#N)cnn45)ncc3C(=O)NCC(F)C(C)(C)F)(C1)C2. The van der Waals surface area contributed by atoms with Gasteiger partial charge in [0.05, 0.1) is 46.5 Å². The number of alkyl halides is 2. The normalized spacial score (nSPS) is 22.8. The largest absolute Gasteiger partial charge is 0.379 e. The van der Waals surface area contributed by atoms with Crippen LogP contribution in [0.1, 0.15) is 56.0 Å². The Morgan fingerprint density at radius 2 is 1.95 bits per heavy atom. The third kappa shape index (κ3) is 4.48. The Labute approximate surface area is 212 Å². The highest BCUT2D eigenvalue weighted by atomic mass is 19.2. The summed E-state index contributed by atoms with van der Waals surface area (Å²) in [5, 5.41) is 22.4. The number of nitriles is 1. The lowest BCUT2D eigenvalue weighted by atomic mass is 9.44. The van der Waals surface area contributed by atoms with Crippen LogP contribution in [0.25, 0.3) is 16.9 Å². The van der Waals surface area contributed by atoms with Gasteiger partial charge in [-0.25, -0.2) is 13.3 Å². The van der Waals surface area contributed by atoms with Gasteiger partial charge in [-0.15, -0.1) is 0 Å². The van der Waals surface area contributed by atoms with Crippen LogP contribution in [0.5, 0.6) is 0 Å². The van der Waals surface area contributed by atoms with Gasteiger partial charge in [0.25, 0.3) is 5.91 Å². The predicted molar refractivity (Wildman–Crippen MR) is 132 cm³/mol. The molecule has 3 fully saturated rings. The molecule has 11 heteroatoms. The molecule has 1 atom stereocenters. The first kappa shape index (κ1) is 24.6. The van der Waals surface area contributed by atoms with Crippen molar-refractivity contribution < 1.29 is 18.4 Å². The molecular formula is C26H27F2N7O2. The summed E-state index contributed by atoms with van der Waals surface area (Å²) < 4.78 is 29.7. The van der Waals surface area contributed by atoms with Crippen LogP contribution in [0.4, 0.5) is 14.5 Å². The van der Waals surface area contributed by atoms with E-state index < -0.39 is 24.3 Å². The number of rotatable bonds is 8. The van der Waals surface area contributed by atoms with E-state index in [9.17, 15) is 18.4 Å². The number of nitrogens with zero attached hydrogens (tertiary/aromatic N) is 4. The molecule has 9 nitrogen and oxygen atoms in total. The van der Waals surface area contributed by atoms with Crippen LogP contribution < -0.4 is 16.0 Å². The van der Waals surface area contributed by atoms with Crippen LogP contribution >= 0.6 is 0 Å². The Balaban J connectivity index is 1.44. The molecular weight excluding hydrogens is 480 g/mol. The van der Waals surface area contributed by atoms with Gasteiger partial charge in [0.2, 0.25) is 5.91 Å². The fourth-order valence-corrected chi connectivity index (χ4v) is 5.37. The fourth-order valence-electron chi connectivity index (χ4n) is 5.37. The van der Waals surface area contributed by atoms with Crippen LogP contribution in [0.3, 0.4) is 0 Å². The van der Waals surface area contributed by atoms with Crippen molar-refractivity contribution >= 4 is 23.0 Å². The Hall–Kier alpha value is -4.07. The molecule has 3 aliphatic rings. The maximum Gasteiger partial charge on any atom is 0.255 e. The van der Waals surface area contributed by atoms with E-state index in [0.29, 0.717) is 47.4 Å². The second kappa shape index (κ2) is 8.50. The van der Waals surface area contributed by atoms with Crippen molar-refractivity contribution in [3.05, 3.63) is 47.8 Å². The topological polar surface area (TPSA) is 124 Å². The number of pyridine rings is 1. The number of aromatic nitrogens is 3. The van der Waals surface area contributed by atoms with Crippen molar-refractivity contribution in [3.8, 4) is 17.5 Å². The van der Waals surface area contributed by atoms with E-state index in [0.717, 1.165) is 13.8 Å². The Morgan fingerprint density at radius 3 is 2.59 bits per heavy atom. The Kier molecular flexibility index (Phi) is 5.66. The summed E-state index contributed by atoms with van der Waals surface area (Å²) in [7, 11) is 0. The number of anilines is 1. The lowest BCUT2D eigenvalue weighted by Gasteiger charge is -2.70. The number of carbonyl (C=O) groups excluding carboxylic acids is 2. The van der Waals surface area contributed by atoms with Gasteiger partial charge in [-0.2, -0.15) is 10.4 Å². The van der Waals surface area contributed by atoms with E-state index in [2.05, 4.69) is 32.1 Å². The number of carbonyl (C=O) groups is 2. The second-order valence-corrected chi connectivity index (χ2v) is 10.7. The first-order valence-corrected chi connectivity index (χ1v) is 12.0. The fraction of sp³-hybridized carbons (Fsp3) is 0.423. The summed E-state index contributed by atoms with van der Waals surface area (Å²) in [5.41, 5.74) is 0.452. The number of hydrogen-bond acceptors (Lipinski definition) is 6.